The highest BCUT2D eigenvalue weighted by Crippen LogP contribution is 2.36. The van der Waals surface area contributed by atoms with Crippen molar-refractivity contribution >= 4 is 122 Å². The zero-order chi connectivity index (χ0) is 83.5. The van der Waals surface area contributed by atoms with Gasteiger partial charge in [0, 0.05) is 82.6 Å². The molecule has 0 amide bonds. The van der Waals surface area contributed by atoms with Crippen molar-refractivity contribution in [3.8, 4) is 89.6 Å². The lowest BCUT2D eigenvalue weighted by molar-refractivity contribution is 0.415. The summed E-state index contributed by atoms with van der Waals surface area (Å²) in [5.74, 6) is -0.0404. The first-order valence-electron chi connectivity index (χ1n) is 37.1. The Kier molecular flexibility index (Phi) is 29.7. The predicted molar refractivity (Wildman–Crippen MR) is 486 cm³/mol. The maximum Gasteiger partial charge on any atom is 0.187 e. The summed E-state index contributed by atoms with van der Waals surface area (Å²) in [7, 11) is 3.27. The molecular formula is C95H75F6N11O2S6. The van der Waals surface area contributed by atoms with Gasteiger partial charge in [0.2, 0.25) is 0 Å². The SMILES string of the molecule is COc1cccc(-c2csc(Nc3cccc(F)c3)n2)c1.COc1cccc(-c2csc(Nc3ccccc3F)n2)c1.Cc1cccc(-c2csc(-c3ccccc3F)n2)c1.Cc1cccc(-c2csc(Nc3cccc(F)c3)n2)c1.Cc1cccc(-c2csc(Nc3ccccc3F)n2)c1.Fc1ccccc1Nc1nc(-c2ccccc2)cs1. The minimum absolute atomic E-state index is 0.229. The van der Waals surface area contributed by atoms with Crippen molar-refractivity contribution in [1.82, 2.24) is 29.9 Å². The van der Waals surface area contributed by atoms with Crippen LogP contribution in [-0.2, 0) is 0 Å². The summed E-state index contributed by atoms with van der Waals surface area (Å²) in [6, 6.07) is 88.9. The number of para-hydroxylation sites is 3. The molecule has 18 rings (SSSR count). The molecule has 0 bridgehead atoms. The topological polar surface area (TPSA) is 156 Å². The Morgan fingerprint density at radius 1 is 0.250 bits per heavy atom. The lowest BCUT2D eigenvalue weighted by atomic mass is 10.1. The quantitative estimate of drug-likeness (QED) is 0.0488. The summed E-state index contributed by atoms with van der Waals surface area (Å²) in [5.41, 5.74) is 18.4. The van der Waals surface area contributed by atoms with Gasteiger partial charge in [-0.3, -0.25) is 0 Å². The fourth-order valence-corrected chi connectivity index (χ4v) is 16.0. The van der Waals surface area contributed by atoms with E-state index in [0.29, 0.717) is 49.4 Å². The van der Waals surface area contributed by atoms with Crippen molar-refractivity contribution in [2.45, 2.75) is 20.8 Å². The van der Waals surface area contributed by atoms with Gasteiger partial charge in [0.25, 0.3) is 0 Å². The molecule has 0 atom stereocenters. The molecule has 5 N–H and O–H groups in total. The summed E-state index contributed by atoms with van der Waals surface area (Å²) in [6.45, 7) is 6.16. The molecule has 12 aromatic carbocycles. The van der Waals surface area contributed by atoms with E-state index >= 15 is 0 Å². The van der Waals surface area contributed by atoms with E-state index in [9.17, 15) is 26.3 Å². The van der Waals surface area contributed by atoms with Gasteiger partial charge in [-0.25, -0.2) is 56.2 Å². The van der Waals surface area contributed by atoms with E-state index in [2.05, 4.69) is 87.7 Å². The second-order valence-electron chi connectivity index (χ2n) is 26.2. The molecule has 600 valence electrons. The zero-order valence-corrected chi connectivity index (χ0v) is 69.9. The number of nitrogens with zero attached hydrogens (tertiary/aromatic N) is 6. The van der Waals surface area contributed by atoms with Gasteiger partial charge in [0.15, 0.2) is 25.7 Å². The van der Waals surface area contributed by atoms with Gasteiger partial charge in [-0.2, -0.15) is 0 Å². The smallest absolute Gasteiger partial charge is 0.187 e. The molecule has 6 heterocycles. The molecule has 0 unspecified atom stereocenters. The first kappa shape index (κ1) is 84.5. The average molecular weight is 1710 g/mol. The molecule has 120 heavy (non-hydrogen) atoms. The van der Waals surface area contributed by atoms with Crippen LogP contribution in [0.1, 0.15) is 16.7 Å². The molecule has 0 spiro atoms. The fourth-order valence-electron chi connectivity index (χ4n) is 11.5. The number of thiazole rings is 6. The summed E-state index contributed by atoms with van der Waals surface area (Å²) < 4.78 is 91.1. The Morgan fingerprint density at radius 2 is 0.542 bits per heavy atom. The molecule has 0 saturated carbocycles. The molecule has 0 saturated heterocycles. The van der Waals surface area contributed by atoms with Crippen molar-refractivity contribution < 1.29 is 35.8 Å². The van der Waals surface area contributed by atoms with Crippen molar-refractivity contribution in [3.63, 3.8) is 0 Å². The lowest BCUT2D eigenvalue weighted by Crippen LogP contribution is -1.92. The van der Waals surface area contributed by atoms with E-state index in [1.54, 1.807) is 99.1 Å². The van der Waals surface area contributed by atoms with Crippen LogP contribution in [0.2, 0.25) is 0 Å². The van der Waals surface area contributed by atoms with Crippen LogP contribution < -0.4 is 36.1 Å². The Balaban J connectivity index is 0.000000125. The third-order valence-electron chi connectivity index (χ3n) is 17.4. The molecule has 25 heteroatoms. The normalized spacial score (nSPS) is 10.5. The number of benzene rings is 12. The van der Waals surface area contributed by atoms with Crippen LogP contribution >= 0.6 is 68.0 Å². The Labute approximate surface area is 714 Å². The highest BCUT2D eigenvalue weighted by atomic mass is 32.1. The van der Waals surface area contributed by atoms with Crippen molar-refractivity contribution in [2.24, 2.45) is 0 Å². The molecular weight excluding hydrogens is 1630 g/mol. The largest absolute Gasteiger partial charge is 0.497 e. The number of anilines is 10. The minimum Gasteiger partial charge on any atom is -0.497 e. The molecule has 13 nitrogen and oxygen atoms in total. The number of rotatable bonds is 19. The first-order valence-corrected chi connectivity index (χ1v) is 42.4. The molecule has 0 aliphatic rings. The second kappa shape index (κ2) is 42.1. The van der Waals surface area contributed by atoms with Gasteiger partial charge in [0.05, 0.1) is 65.4 Å². The highest BCUT2D eigenvalue weighted by Gasteiger charge is 2.15. The third kappa shape index (κ3) is 24.4. The van der Waals surface area contributed by atoms with E-state index in [1.807, 2.05) is 186 Å². The van der Waals surface area contributed by atoms with Crippen molar-refractivity contribution in [1.29, 1.82) is 0 Å². The summed E-state index contributed by atoms with van der Waals surface area (Å²) in [5, 5.41) is 31.2. The van der Waals surface area contributed by atoms with Gasteiger partial charge in [-0.1, -0.05) is 187 Å². The first-order chi connectivity index (χ1) is 58.5. The molecule has 18 aromatic rings. The standard InChI is InChI=1S/2C16H13FN2OS.2C16H13FN2S.C16H12FNS.C15H11FN2S/c1-20-14-7-2-4-11(8-14)15-10-21-16(19-15)18-13-6-3-5-12(17)9-13;1-20-12-6-4-5-11(9-12)15-10-21-16(19-15)18-14-8-3-2-7-13(14)17;1-11-4-2-5-12(8-11)15-10-20-16(19-15)18-14-7-3-6-13(17)9-14;1-11-5-4-6-12(9-11)15-10-20-16(19-15)18-14-8-3-2-7-13(14)17;1-11-5-4-6-12(9-11)15-10-19-16(18-15)13-7-2-3-8-14(13)17;16-12-8-4-5-9-13(12)17-15-18-14(10-19-15)11-6-2-1-3-7-11/h2*2-10H,1H3,(H,18,19);2*2-10H,1H3,(H,18,19);2-10H,1H3;1-10H,(H,17,18). The Hall–Kier alpha value is -13.4. The number of aryl methyl sites for hydroxylation is 3. The average Bonchev–Trinajstić information content (AvgIpc) is 1.69. The van der Waals surface area contributed by atoms with Gasteiger partial charge in [-0.05, 0) is 148 Å². The van der Waals surface area contributed by atoms with Crippen LogP contribution in [0.3, 0.4) is 0 Å². The lowest BCUT2D eigenvalue weighted by Gasteiger charge is -2.03. The molecule has 6 aromatic heterocycles. The molecule has 0 fully saturated rings. The Bertz CT molecular complexity index is 6350. The number of nitrogens with one attached hydrogen (secondary N) is 5. The fraction of sp³-hybridized carbons (Fsp3) is 0.0526. The van der Waals surface area contributed by atoms with Crippen molar-refractivity contribution in [2.75, 3.05) is 40.8 Å². The minimum atomic E-state index is -0.296. The number of methoxy groups -OCH3 is 2. The third-order valence-corrected chi connectivity index (χ3v) is 22.0. The van der Waals surface area contributed by atoms with E-state index in [-0.39, 0.29) is 34.9 Å². The summed E-state index contributed by atoms with van der Waals surface area (Å²) >= 11 is 8.80. The van der Waals surface area contributed by atoms with Crippen LogP contribution in [0, 0.1) is 55.7 Å². The number of halogens is 6. The monoisotopic (exact) mass is 1710 g/mol. The van der Waals surface area contributed by atoms with Gasteiger partial charge < -0.3 is 36.1 Å². The molecule has 0 aliphatic carbocycles. The number of ether oxygens (including phenoxy) is 2. The van der Waals surface area contributed by atoms with E-state index in [1.165, 1.54) is 133 Å². The Morgan fingerprint density at radius 3 is 0.892 bits per heavy atom. The maximum absolute atomic E-state index is 13.7. The van der Waals surface area contributed by atoms with E-state index < -0.39 is 0 Å². The predicted octanol–water partition coefficient (Wildman–Crippen LogP) is 29.0. The maximum atomic E-state index is 13.7. The van der Waals surface area contributed by atoms with Crippen LogP contribution in [0.25, 0.3) is 78.1 Å². The van der Waals surface area contributed by atoms with Crippen LogP contribution in [0.4, 0.5) is 80.4 Å². The molecule has 0 aliphatic heterocycles. The summed E-state index contributed by atoms with van der Waals surface area (Å²) in [6.07, 6.45) is 0. The van der Waals surface area contributed by atoms with Gasteiger partial charge in [-0.15, -0.1) is 68.0 Å². The molecule has 0 radical (unpaired) electrons. The second-order valence-corrected chi connectivity index (χ2v) is 31.4. The van der Waals surface area contributed by atoms with E-state index in [0.717, 1.165) is 94.3 Å². The number of aromatic nitrogens is 6. The van der Waals surface area contributed by atoms with Crippen LogP contribution in [0.5, 0.6) is 11.5 Å². The highest BCUT2D eigenvalue weighted by molar-refractivity contribution is 7.15. The zero-order valence-electron chi connectivity index (χ0n) is 65.0. The van der Waals surface area contributed by atoms with Crippen LogP contribution in [-0.4, -0.2) is 44.1 Å². The number of hydrogen-bond acceptors (Lipinski definition) is 19. The van der Waals surface area contributed by atoms with Gasteiger partial charge in [0.1, 0.15) is 51.4 Å². The van der Waals surface area contributed by atoms with Gasteiger partial charge >= 0.3 is 0 Å². The summed E-state index contributed by atoms with van der Waals surface area (Å²) in [4.78, 5) is 27.0. The van der Waals surface area contributed by atoms with Crippen molar-refractivity contribution in [3.05, 3.63) is 381 Å². The number of hydrogen-bond donors (Lipinski definition) is 5. The van der Waals surface area contributed by atoms with Crippen LogP contribution in [0.15, 0.2) is 330 Å². The van der Waals surface area contributed by atoms with E-state index in [4.69, 9.17) is 9.47 Å².